The van der Waals surface area contributed by atoms with Crippen LogP contribution >= 0.6 is 0 Å². The molecular weight excluding hydrogens is 424 g/mol. The van der Waals surface area contributed by atoms with Crippen molar-refractivity contribution in [2.24, 2.45) is 0 Å². The van der Waals surface area contributed by atoms with Gasteiger partial charge in [0.15, 0.2) is 5.82 Å². The number of hydrogen-bond acceptors (Lipinski definition) is 7. The third kappa shape index (κ3) is 5.46. The van der Waals surface area contributed by atoms with Crippen LogP contribution in [0.1, 0.15) is 48.0 Å². The maximum atomic E-state index is 12.8. The number of likely N-dealkylation sites (tertiary alicyclic amines) is 1. The number of rotatable bonds is 8. The van der Waals surface area contributed by atoms with Crippen molar-refractivity contribution < 1.29 is 19.1 Å². The molecule has 1 aliphatic heterocycles. The summed E-state index contributed by atoms with van der Waals surface area (Å²) >= 11 is 0. The molecule has 0 bridgehead atoms. The first kappa shape index (κ1) is 22.3. The summed E-state index contributed by atoms with van der Waals surface area (Å²) in [6.45, 7) is 7.93. The van der Waals surface area contributed by atoms with E-state index in [4.69, 9.17) is 9.47 Å². The van der Waals surface area contributed by atoms with Gasteiger partial charge in [0.25, 0.3) is 11.8 Å². The number of amides is 2. The van der Waals surface area contributed by atoms with Gasteiger partial charge >= 0.3 is 0 Å². The van der Waals surface area contributed by atoms with Gasteiger partial charge in [0, 0.05) is 43.5 Å². The Kier molecular flexibility index (Phi) is 6.53. The lowest BCUT2D eigenvalue weighted by atomic mass is 10.2. The van der Waals surface area contributed by atoms with Gasteiger partial charge < -0.3 is 19.7 Å². The van der Waals surface area contributed by atoms with Crippen molar-refractivity contribution in [2.75, 3.05) is 18.4 Å². The van der Waals surface area contributed by atoms with E-state index in [9.17, 15) is 9.59 Å². The summed E-state index contributed by atoms with van der Waals surface area (Å²) in [7, 11) is 0. The lowest BCUT2D eigenvalue weighted by molar-refractivity contribution is 0.0645. The zero-order chi connectivity index (χ0) is 23.4. The fourth-order valence-electron chi connectivity index (χ4n) is 3.18. The number of benzene rings is 1. The quantitative estimate of drug-likeness (QED) is 0.560. The predicted molar refractivity (Wildman–Crippen MR) is 121 cm³/mol. The second kappa shape index (κ2) is 9.68. The van der Waals surface area contributed by atoms with Crippen LogP contribution in [0.4, 0.5) is 5.82 Å². The maximum Gasteiger partial charge on any atom is 0.274 e. The van der Waals surface area contributed by atoms with Gasteiger partial charge in [0.2, 0.25) is 5.88 Å². The molecule has 0 aliphatic carbocycles. The molecule has 2 aromatic heterocycles. The number of ether oxygens (including phenoxy) is 2. The molecule has 1 aromatic carbocycles. The average molecular weight is 450 g/mol. The van der Waals surface area contributed by atoms with E-state index in [0.717, 1.165) is 19.5 Å². The first-order chi connectivity index (χ1) is 15.9. The zero-order valence-electron chi connectivity index (χ0n) is 18.8. The largest absolute Gasteiger partial charge is 0.491 e. The molecule has 0 unspecified atom stereocenters. The van der Waals surface area contributed by atoms with Crippen LogP contribution in [0.5, 0.6) is 17.4 Å². The van der Waals surface area contributed by atoms with E-state index < -0.39 is 0 Å². The summed E-state index contributed by atoms with van der Waals surface area (Å²) in [4.78, 5) is 35.2. The number of nitrogens with zero attached hydrogens (tertiary/aromatic N) is 5. The summed E-state index contributed by atoms with van der Waals surface area (Å²) in [5, 5.41) is 7.05. The third-order valence-electron chi connectivity index (χ3n) is 4.93. The highest BCUT2D eigenvalue weighted by molar-refractivity contribution is 6.04. The summed E-state index contributed by atoms with van der Waals surface area (Å²) in [5.74, 6) is 0.990. The van der Waals surface area contributed by atoms with Crippen LogP contribution in [0.15, 0.2) is 42.9 Å². The van der Waals surface area contributed by atoms with Crippen molar-refractivity contribution in [3.63, 3.8) is 0 Å². The Labute approximate surface area is 191 Å². The number of carbonyl (C=O) groups excluding carboxylic acids is 2. The summed E-state index contributed by atoms with van der Waals surface area (Å²) < 4.78 is 13.3. The van der Waals surface area contributed by atoms with Crippen LogP contribution in [-0.4, -0.2) is 55.7 Å². The number of anilines is 1. The van der Waals surface area contributed by atoms with Gasteiger partial charge in [-0.3, -0.25) is 14.3 Å². The normalized spacial score (nSPS) is 12.9. The van der Waals surface area contributed by atoms with Gasteiger partial charge in [0.1, 0.15) is 17.2 Å². The number of aryl methyl sites for hydroxylation is 1. The first-order valence-corrected chi connectivity index (χ1v) is 10.9. The molecular formula is C23H26N6O4. The Morgan fingerprint density at radius 1 is 1.12 bits per heavy atom. The predicted octanol–water partition coefficient (Wildman–Crippen LogP) is 3.37. The smallest absolute Gasteiger partial charge is 0.274 e. The molecule has 2 amide bonds. The van der Waals surface area contributed by atoms with Crippen molar-refractivity contribution >= 4 is 17.6 Å². The van der Waals surface area contributed by atoms with Crippen molar-refractivity contribution in [2.45, 2.75) is 39.8 Å². The lowest BCUT2D eigenvalue weighted by Gasteiger charge is -2.30. The van der Waals surface area contributed by atoms with E-state index in [1.165, 1.54) is 12.4 Å². The van der Waals surface area contributed by atoms with E-state index in [2.05, 4.69) is 20.4 Å². The Balaban J connectivity index is 1.52. The minimum atomic E-state index is -0.350. The number of hydrogen-bond donors (Lipinski definition) is 1. The van der Waals surface area contributed by atoms with Crippen molar-refractivity contribution in [3.05, 3.63) is 54.1 Å². The third-order valence-corrected chi connectivity index (χ3v) is 4.93. The molecule has 0 spiro atoms. The molecule has 10 nitrogen and oxygen atoms in total. The van der Waals surface area contributed by atoms with Gasteiger partial charge in [-0.2, -0.15) is 5.10 Å². The van der Waals surface area contributed by atoms with Gasteiger partial charge in [0.05, 0.1) is 18.5 Å². The number of aromatic nitrogens is 4. The van der Waals surface area contributed by atoms with Gasteiger partial charge in [-0.1, -0.05) is 0 Å². The standard InChI is InChI=1S/C23H26N6O4/c1-4-29-9-6-20(27-29)26-22(30)16-10-17(32-15(2)3)12-18(11-16)33-21-14-24-19(13-25-21)23(31)28-7-5-8-28/h6,9-15H,4-5,7-8H2,1-3H3,(H,26,27,30). The van der Waals surface area contributed by atoms with Crippen molar-refractivity contribution in [1.29, 1.82) is 0 Å². The summed E-state index contributed by atoms with van der Waals surface area (Å²) in [6.07, 6.45) is 5.48. The monoisotopic (exact) mass is 450 g/mol. The highest BCUT2D eigenvalue weighted by atomic mass is 16.5. The number of carbonyl (C=O) groups is 2. The van der Waals surface area contributed by atoms with Crippen molar-refractivity contribution in [3.8, 4) is 17.4 Å². The minimum Gasteiger partial charge on any atom is -0.491 e. The van der Waals surface area contributed by atoms with Gasteiger partial charge in [-0.25, -0.2) is 9.97 Å². The second-order valence-electron chi connectivity index (χ2n) is 7.86. The molecule has 0 saturated carbocycles. The van der Waals surface area contributed by atoms with E-state index in [0.29, 0.717) is 29.4 Å². The van der Waals surface area contributed by atoms with Crippen LogP contribution in [0.2, 0.25) is 0 Å². The molecule has 1 aliphatic rings. The topological polar surface area (TPSA) is 111 Å². The maximum absolute atomic E-state index is 12.8. The van der Waals surface area contributed by atoms with E-state index >= 15 is 0 Å². The molecule has 33 heavy (non-hydrogen) atoms. The Hall–Kier alpha value is -3.95. The zero-order valence-corrected chi connectivity index (χ0v) is 18.8. The van der Waals surface area contributed by atoms with Gasteiger partial charge in [-0.15, -0.1) is 0 Å². The summed E-state index contributed by atoms with van der Waals surface area (Å²) in [5.41, 5.74) is 0.609. The molecule has 1 saturated heterocycles. The SMILES string of the molecule is CCn1ccc(NC(=O)c2cc(Oc3cnc(C(=O)N4CCC4)cn3)cc(OC(C)C)c2)n1. The lowest BCUT2D eigenvalue weighted by Crippen LogP contribution is -2.42. The molecule has 172 valence electrons. The van der Waals surface area contributed by atoms with Crippen LogP contribution in [-0.2, 0) is 6.54 Å². The molecule has 3 heterocycles. The second-order valence-corrected chi connectivity index (χ2v) is 7.86. The molecule has 1 fully saturated rings. The van der Waals surface area contributed by atoms with E-state index in [1.807, 2.05) is 20.8 Å². The molecule has 4 rings (SSSR count). The van der Waals surface area contributed by atoms with Crippen LogP contribution in [0.25, 0.3) is 0 Å². The molecule has 1 N–H and O–H groups in total. The molecule has 0 atom stereocenters. The van der Waals surface area contributed by atoms with Crippen LogP contribution < -0.4 is 14.8 Å². The average Bonchev–Trinajstić information content (AvgIpc) is 3.20. The van der Waals surface area contributed by atoms with Crippen molar-refractivity contribution in [1.82, 2.24) is 24.6 Å². The molecule has 10 heteroatoms. The Morgan fingerprint density at radius 3 is 2.52 bits per heavy atom. The first-order valence-electron chi connectivity index (χ1n) is 10.9. The van der Waals surface area contributed by atoms with Crippen LogP contribution in [0, 0.1) is 0 Å². The highest BCUT2D eigenvalue weighted by Crippen LogP contribution is 2.28. The molecule has 3 aromatic rings. The van der Waals surface area contributed by atoms with E-state index in [-0.39, 0.29) is 29.5 Å². The van der Waals surface area contributed by atoms with Crippen LogP contribution in [0.3, 0.4) is 0 Å². The fraction of sp³-hybridized carbons (Fsp3) is 0.348. The highest BCUT2D eigenvalue weighted by Gasteiger charge is 2.23. The Morgan fingerprint density at radius 2 is 1.91 bits per heavy atom. The molecule has 0 radical (unpaired) electrons. The fourth-order valence-corrected chi connectivity index (χ4v) is 3.18. The summed E-state index contributed by atoms with van der Waals surface area (Å²) in [6, 6.07) is 6.62. The Bertz CT molecular complexity index is 1140. The van der Waals surface area contributed by atoms with E-state index in [1.54, 1.807) is 40.0 Å². The van der Waals surface area contributed by atoms with Gasteiger partial charge in [-0.05, 0) is 39.3 Å². The minimum absolute atomic E-state index is 0.0944. The number of nitrogens with one attached hydrogen (secondary N) is 1.